The van der Waals surface area contributed by atoms with E-state index in [0.29, 0.717) is 6.42 Å². The van der Waals surface area contributed by atoms with E-state index < -0.39 is 0 Å². The fraction of sp³-hybridized carbons (Fsp3) is 0.704. The third-order valence-electron chi connectivity index (χ3n) is 6.98. The molecule has 0 aliphatic carbocycles. The molecule has 0 saturated heterocycles. The second kappa shape index (κ2) is 13.9. The van der Waals surface area contributed by atoms with E-state index in [-0.39, 0.29) is 12.1 Å². The van der Waals surface area contributed by atoms with Gasteiger partial charge in [-0.25, -0.2) is 4.98 Å². The lowest BCUT2D eigenvalue weighted by molar-refractivity contribution is -0.144. The number of aryl methyl sites for hydroxylation is 1. The molecule has 3 nitrogen and oxygen atoms in total. The number of rotatable bonds is 13. The Morgan fingerprint density at radius 2 is 1.74 bits per heavy atom. The Morgan fingerprint density at radius 3 is 2.29 bits per heavy atom. The van der Waals surface area contributed by atoms with Gasteiger partial charge in [0.2, 0.25) is 0 Å². The van der Waals surface area contributed by atoms with Crippen molar-refractivity contribution in [3.63, 3.8) is 0 Å². The fourth-order valence-electron chi connectivity index (χ4n) is 4.06. The van der Waals surface area contributed by atoms with Gasteiger partial charge in [-0.05, 0) is 67.9 Å². The predicted octanol–water partition coefficient (Wildman–Crippen LogP) is 8.10. The molecule has 0 spiro atoms. The molecule has 0 unspecified atom stereocenters. The summed E-state index contributed by atoms with van der Waals surface area (Å²) in [5.74, 6) is 3.51. The maximum absolute atomic E-state index is 11.5. The zero-order chi connectivity index (χ0) is 23.6. The van der Waals surface area contributed by atoms with Crippen LogP contribution >= 0.6 is 11.3 Å². The summed E-state index contributed by atoms with van der Waals surface area (Å²) in [6.07, 6.45) is 10.4. The minimum absolute atomic E-state index is 0.229. The number of esters is 1. The van der Waals surface area contributed by atoms with E-state index in [1.54, 1.807) is 11.3 Å². The number of aromatic nitrogens is 1. The summed E-state index contributed by atoms with van der Waals surface area (Å²) in [6, 6.07) is 0. The number of carbonyl (C=O) groups excluding carboxylic acids is 1. The van der Waals surface area contributed by atoms with Crippen molar-refractivity contribution in [1.82, 2.24) is 4.98 Å². The SMILES string of the molecule is CC(=O)O[C@@H](C/C=C\CCC[C@H](C)[C@H](C)[C@@H](C)[C@@H](C)C(C)C)/C(C)=C/c1csc(C)n1. The van der Waals surface area contributed by atoms with Gasteiger partial charge in [0.15, 0.2) is 0 Å². The van der Waals surface area contributed by atoms with Crippen LogP contribution in [0.15, 0.2) is 23.1 Å². The number of unbranched alkanes of at least 4 members (excludes halogenated alkanes) is 1. The van der Waals surface area contributed by atoms with Crippen molar-refractivity contribution in [2.75, 3.05) is 0 Å². The van der Waals surface area contributed by atoms with Crippen LogP contribution < -0.4 is 0 Å². The number of ether oxygens (including phenoxy) is 1. The van der Waals surface area contributed by atoms with Crippen molar-refractivity contribution in [1.29, 1.82) is 0 Å². The van der Waals surface area contributed by atoms with Crippen molar-refractivity contribution in [2.45, 2.75) is 94.1 Å². The van der Waals surface area contributed by atoms with Crippen LogP contribution in [0.25, 0.3) is 6.08 Å². The summed E-state index contributed by atoms with van der Waals surface area (Å²) in [4.78, 5) is 16.0. The average molecular weight is 448 g/mol. The van der Waals surface area contributed by atoms with Crippen molar-refractivity contribution < 1.29 is 9.53 Å². The van der Waals surface area contributed by atoms with E-state index in [4.69, 9.17) is 4.74 Å². The molecule has 0 aliphatic heterocycles. The number of hydrogen-bond acceptors (Lipinski definition) is 4. The van der Waals surface area contributed by atoms with E-state index in [1.165, 1.54) is 19.8 Å². The molecule has 1 rings (SSSR count). The second-order valence-corrected chi connectivity index (χ2v) is 10.8. The number of carbonyl (C=O) groups is 1. The Balaban J connectivity index is 2.51. The monoisotopic (exact) mass is 447 g/mol. The molecular weight excluding hydrogens is 402 g/mol. The van der Waals surface area contributed by atoms with Crippen LogP contribution in [-0.2, 0) is 9.53 Å². The van der Waals surface area contributed by atoms with Gasteiger partial charge in [-0.15, -0.1) is 11.3 Å². The minimum Gasteiger partial charge on any atom is -0.458 e. The molecule has 0 radical (unpaired) electrons. The summed E-state index contributed by atoms with van der Waals surface area (Å²) >= 11 is 1.63. The Hall–Kier alpha value is -1.42. The molecule has 176 valence electrons. The van der Waals surface area contributed by atoms with Crippen LogP contribution in [0.2, 0.25) is 0 Å². The predicted molar refractivity (Wildman–Crippen MR) is 135 cm³/mol. The van der Waals surface area contributed by atoms with Crippen LogP contribution in [0.5, 0.6) is 0 Å². The van der Waals surface area contributed by atoms with Crippen molar-refractivity contribution in [3.05, 3.63) is 33.8 Å². The second-order valence-electron chi connectivity index (χ2n) is 9.71. The van der Waals surface area contributed by atoms with Gasteiger partial charge in [0.1, 0.15) is 6.10 Å². The molecule has 1 aromatic rings. The highest BCUT2D eigenvalue weighted by atomic mass is 32.1. The molecule has 0 saturated carbocycles. The number of allylic oxidation sites excluding steroid dienone is 1. The summed E-state index contributed by atoms with van der Waals surface area (Å²) in [5, 5.41) is 3.07. The normalized spacial score (nSPS) is 17.5. The molecule has 0 aromatic carbocycles. The molecule has 4 heteroatoms. The first-order valence-electron chi connectivity index (χ1n) is 11.9. The molecule has 0 amide bonds. The van der Waals surface area contributed by atoms with E-state index in [9.17, 15) is 4.79 Å². The third-order valence-corrected chi connectivity index (χ3v) is 7.78. The maximum atomic E-state index is 11.5. The van der Waals surface area contributed by atoms with Crippen LogP contribution in [0.4, 0.5) is 0 Å². The largest absolute Gasteiger partial charge is 0.458 e. The topological polar surface area (TPSA) is 39.2 Å². The number of nitrogens with zero attached hydrogens (tertiary/aromatic N) is 1. The smallest absolute Gasteiger partial charge is 0.303 e. The van der Waals surface area contributed by atoms with Crippen LogP contribution in [-0.4, -0.2) is 17.1 Å². The Labute approximate surface area is 195 Å². The standard InChI is InChI=1S/C27H45NO2S/c1-18(2)21(5)23(7)22(6)19(3)14-12-10-11-13-15-27(30-25(9)29)20(4)16-26-17-31-24(8)28-26/h11,13,16-19,21-23,27H,10,12,14-15H2,1-9H3/b13-11-,20-16+/t19-,21-,22-,23-,27-/m0/s1. The molecule has 1 aromatic heterocycles. The first kappa shape index (κ1) is 27.6. The first-order chi connectivity index (χ1) is 14.5. The van der Waals surface area contributed by atoms with E-state index in [1.807, 2.05) is 25.3 Å². The van der Waals surface area contributed by atoms with Gasteiger partial charge in [0.05, 0.1) is 10.7 Å². The summed E-state index contributed by atoms with van der Waals surface area (Å²) in [7, 11) is 0. The lowest BCUT2D eigenvalue weighted by Gasteiger charge is -2.32. The van der Waals surface area contributed by atoms with E-state index >= 15 is 0 Å². The van der Waals surface area contributed by atoms with Gasteiger partial charge < -0.3 is 4.74 Å². The summed E-state index contributed by atoms with van der Waals surface area (Å²) < 4.78 is 5.55. The molecular formula is C27H45NO2S. The molecule has 0 N–H and O–H groups in total. The molecule has 1 heterocycles. The maximum Gasteiger partial charge on any atom is 0.303 e. The van der Waals surface area contributed by atoms with Crippen molar-refractivity contribution >= 4 is 23.4 Å². The van der Waals surface area contributed by atoms with Crippen molar-refractivity contribution in [2.24, 2.45) is 29.6 Å². The van der Waals surface area contributed by atoms with Crippen LogP contribution in [0, 0.1) is 36.5 Å². The van der Waals surface area contributed by atoms with Crippen molar-refractivity contribution in [3.8, 4) is 0 Å². The molecule has 0 bridgehead atoms. The highest BCUT2D eigenvalue weighted by Crippen LogP contribution is 2.33. The Bertz CT molecular complexity index is 719. The van der Waals surface area contributed by atoms with Gasteiger partial charge in [0.25, 0.3) is 0 Å². The van der Waals surface area contributed by atoms with Gasteiger partial charge in [0, 0.05) is 18.7 Å². The quantitative estimate of drug-likeness (QED) is 0.174. The Morgan fingerprint density at radius 1 is 1.06 bits per heavy atom. The number of hydrogen-bond donors (Lipinski definition) is 0. The Kier molecular flexibility index (Phi) is 12.4. The van der Waals surface area contributed by atoms with Crippen LogP contribution in [0.3, 0.4) is 0 Å². The van der Waals surface area contributed by atoms with Crippen LogP contribution in [0.1, 0.15) is 91.8 Å². The summed E-state index contributed by atoms with van der Waals surface area (Å²) in [5.41, 5.74) is 1.96. The average Bonchev–Trinajstić information content (AvgIpc) is 3.11. The van der Waals surface area contributed by atoms with Gasteiger partial charge >= 0.3 is 5.97 Å². The molecule has 0 aliphatic rings. The molecule has 0 fully saturated rings. The summed E-state index contributed by atoms with van der Waals surface area (Å²) in [6.45, 7) is 19.8. The third kappa shape index (κ3) is 10.2. The lowest BCUT2D eigenvalue weighted by atomic mass is 9.73. The van der Waals surface area contributed by atoms with E-state index in [2.05, 4.69) is 58.7 Å². The highest BCUT2D eigenvalue weighted by molar-refractivity contribution is 7.09. The minimum atomic E-state index is -0.242. The first-order valence-corrected chi connectivity index (χ1v) is 12.8. The van der Waals surface area contributed by atoms with Gasteiger partial charge in [-0.2, -0.15) is 0 Å². The molecule has 5 atom stereocenters. The zero-order valence-corrected chi connectivity index (χ0v) is 22.1. The van der Waals surface area contributed by atoms with Gasteiger partial charge in [-0.1, -0.05) is 60.1 Å². The van der Waals surface area contributed by atoms with Gasteiger partial charge in [-0.3, -0.25) is 4.79 Å². The molecule has 31 heavy (non-hydrogen) atoms. The lowest BCUT2D eigenvalue weighted by Crippen LogP contribution is -2.25. The highest BCUT2D eigenvalue weighted by Gasteiger charge is 2.25. The fourth-order valence-corrected chi connectivity index (χ4v) is 4.63. The van der Waals surface area contributed by atoms with E-state index in [0.717, 1.165) is 52.3 Å². The number of thiazole rings is 1. The zero-order valence-electron chi connectivity index (χ0n) is 21.3.